The molecule has 1 aliphatic heterocycles. The van der Waals surface area contributed by atoms with E-state index in [-0.39, 0.29) is 0 Å². The third kappa shape index (κ3) is 3.12. The fraction of sp³-hybridized carbons (Fsp3) is 0.235. The van der Waals surface area contributed by atoms with Gasteiger partial charge in [-0.3, -0.25) is 0 Å². The maximum atomic E-state index is 8.85. The molecule has 0 saturated carbocycles. The molecule has 1 saturated heterocycles. The third-order valence-corrected chi connectivity index (χ3v) is 4.18. The van der Waals surface area contributed by atoms with Gasteiger partial charge in [0.2, 0.25) is 0 Å². The second kappa shape index (κ2) is 6.57. The number of piperazine rings is 1. The first-order valence-corrected chi connectivity index (χ1v) is 8.03. The Morgan fingerprint density at radius 3 is 2.12 bits per heavy atom. The lowest BCUT2D eigenvalue weighted by molar-refractivity contribution is 0.637. The molecule has 3 aromatic heterocycles. The van der Waals surface area contributed by atoms with Gasteiger partial charge in [-0.25, -0.2) is 9.67 Å². The van der Waals surface area contributed by atoms with Crippen molar-refractivity contribution in [3.05, 3.63) is 54.5 Å². The summed E-state index contributed by atoms with van der Waals surface area (Å²) in [6.45, 7) is 3.39. The summed E-state index contributed by atoms with van der Waals surface area (Å²) in [6.07, 6.45) is 5.17. The van der Waals surface area contributed by atoms with Gasteiger partial charge in [-0.1, -0.05) is 0 Å². The first kappa shape index (κ1) is 15.1. The number of rotatable bonds is 3. The Morgan fingerprint density at radius 1 is 0.880 bits per heavy atom. The van der Waals surface area contributed by atoms with Crippen LogP contribution in [0, 0.1) is 11.3 Å². The molecule has 0 aromatic carbocycles. The number of aromatic nitrogens is 5. The van der Waals surface area contributed by atoms with Crippen molar-refractivity contribution in [1.29, 1.82) is 5.26 Å². The van der Waals surface area contributed by atoms with Crippen molar-refractivity contribution in [2.24, 2.45) is 0 Å². The van der Waals surface area contributed by atoms with Crippen molar-refractivity contribution in [3.63, 3.8) is 0 Å². The number of nitriles is 1. The molecule has 4 rings (SSSR count). The van der Waals surface area contributed by atoms with Crippen molar-refractivity contribution >= 4 is 11.6 Å². The second-order valence-corrected chi connectivity index (χ2v) is 5.69. The Hall–Kier alpha value is -3.47. The van der Waals surface area contributed by atoms with Crippen LogP contribution in [0.5, 0.6) is 0 Å². The lowest BCUT2D eigenvalue weighted by Gasteiger charge is -2.35. The summed E-state index contributed by atoms with van der Waals surface area (Å²) in [5.74, 6) is 2.47. The van der Waals surface area contributed by atoms with E-state index in [1.165, 1.54) is 0 Å². The standard InChI is InChI=1S/C17H16N8/c18-12-14-2-3-15(19-13-14)23-8-10-24(11-9-23)16-4-5-17(22-21-16)25-7-1-6-20-25/h1-7,13H,8-11H2. The summed E-state index contributed by atoms with van der Waals surface area (Å²) in [7, 11) is 0. The zero-order chi connectivity index (χ0) is 17.1. The van der Waals surface area contributed by atoms with Crippen LogP contribution in [0.15, 0.2) is 48.9 Å². The summed E-state index contributed by atoms with van der Waals surface area (Å²) in [4.78, 5) is 8.78. The lowest BCUT2D eigenvalue weighted by atomic mass is 10.2. The van der Waals surface area contributed by atoms with E-state index in [0.717, 1.165) is 37.8 Å². The third-order valence-electron chi connectivity index (χ3n) is 4.18. The molecular formula is C17H16N8. The van der Waals surface area contributed by atoms with E-state index in [4.69, 9.17) is 5.26 Å². The highest BCUT2D eigenvalue weighted by molar-refractivity contribution is 5.46. The molecule has 0 spiro atoms. The van der Waals surface area contributed by atoms with Gasteiger partial charge in [-0.15, -0.1) is 10.2 Å². The SMILES string of the molecule is N#Cc1ccc(N2CCN(c3ccc(-n4cccn4)nn3)CC2)nc1. The Bertz CT molecular complexity index is 857. The minimum atomic E-state index is 0.579. The average Bonchev–Trinajstić information content (AvgIpc) is 3.23. The number of hydrogen-bond donors (Lipinski definition) is 0. The molecule has 8 heteroatoms. The Labute approximate surface area is 145 Å². The fourth-order valence-corrected chi connectivity index (χ4v) is 2.82. The van der Waals surface area contributed by atoms with Gasteiger partial charge < -0.3 is 9.80 Å². The predicted molar refractivity (Wildman–Crippen MR) is 92.5 cm³/mol. The normalized spacial score (nSPS) is 14.4. The summed E-state index contributed by atoms with van der Waals surface area (Å²) in [5.41, 5.74) is 0.579. The van der Waals surface area contributed by atoms with E-state index in [0.29, 0.717) is 11.4 Å². The molecular weight excluding hydrogens is 316 g/mol. The minimum absolute atomic E-state index is 0.579. The van der Waals surface area contributed by atoms with E-state index in [2.05, 4.69) is 36.1 Å². The van der Waals surface area contributed by atoms with Crippen molar-refractivity contribution in [2.45, 2.75) is 0 Å². The van der Waals surface area contributed by atoms with Crippen LogP contribution in [0.4, 0.5) is 11.6 Å². The molecule has 4 heterocycles. The van der Waals surface area contributed by atoms with Crippen molar-refractivity contribution in [1.82, 2.24) is 25.0 Å². The molecule has 124 valence electrons. The summed E-state index contributed by atoms with van der Waals surface area (Å²) in [5, 5.41) is 21.6. The monoisotopic (exact) mass is 332 g/mol. The van der Waals surface area contributed by atoms with Gasteiger partial charge in [0.1, 0.15) is 11.9 Å². The number of anilines is 2. The van der Waals surface area contributed by atoms with Gasteiger partial charge in [-0.05, 0) is 30.3 Å². The second-order valence-electron chi connectivity index (χ2n) is 5.69. The highest BCUT2D eigenvalue weighted by atomic mass is 15.4. The minimum Gasteiger partial charge on any atom is -0.353 e. The Balaban J connectivity index is 1.40. The molecule has 1 aliphatic rings. The largest absolute Gasteiger partial charge is 0.353 e. The number of nitrogens with zero attached hydrogens (tertiary/aromatic N) is 8. The van der Waals surface area contributed by atoms with Crippen LogP contribution in [0.25, 0.3) is 5.82 Å². The summed E-state index contributed by atoms with van der Waals surface area (Å²) in [6, 6.07) is 11.5. The number of pyridine rings is 1. The fourth-order valence-electron chi connectivity index (χ4n) is 2.82. The molecule has 0 N–H and O–H groups in total. The summed E-state index contributed by atoms with van der Waals surface area (Å²) >= 11 is 0. The first-order valence-electron chi connectivity index (χ1n) is 8.03. The van der Waals surface area contributed by atoms with E-state index in [1.807, 2.05) is 30.5 Å². The predicted octanol–water partition coefficient (Wildman–Crippen LogP) is 1.26. The van der Waals surface area contributed by atoms with Crippen LogP contribution in [0.2, 0.25) is 0 Å². The zero-order valence-corrected chi connectivity index (χ0v) is 13.5. The van der Waals surface area contributed by atoms with Crippen LogP contribution in [0.1, 0.15) is 5.56 Å². The van der Waals surface area contributed by atoms with Crippen LogP contribution in [-0.4, -0.2) is 51.1 Å². The molecule has 25 heavy (non-hydrogen) atoms. The number of hydrogen-bond acceptors (Lipinski definition) is 7. The Morgan fingerprint density at radius 2 is 1.56 bits per heavy atom. The van der Waals surface area contributed by atoms with Crippen molar-refractivity contribution in [2.75, 3.05) is 36.0 Å². The first-order chi connectivity index (χ1) is 12.3. The smallest absolute Gasteiger partial charge is 0.175 e. The van der Waals surface area contributed by atoms with E-state index in [1.54, 1.807) is 23.1 Å². The molecule has 0 atom stereocenters. The van der Waals surface area contributed by atoms with E-state index >= 15 is 0 Å². The maximum Gasteiger partial charge on any atom is 0.175 e. The maximum absolute atomic E-state index is 8.85. The van der Waals surface area contributed by atoms with Gasteiger partial charge in [0.15, 0.2) is 11.6 Å². The summed E-state index contributed by atoms with van der Waals surface area (Å²) < 4.78 is 1.69. The molecule has 1 fully saturated rings. The Kier molecular flexibility index (Phi) is 3.96. The average molecular weight is 332 g/mol. The van der Waals surface area contributed by atoms with Gasteiger partial charge in [0.25, 0.3) is 0 Å². The lowest BCUT2D eigenvalue weighted by Crippen LogP contribution is -2.47. The molecule has 0 aliphatic carbocycles. The van der Waals surface area contributed by atoms with Crippen LogP contribution < -0.4 is 9.80 Å². The highest BCUT2D eigenvalue weighted by Gasteiger charge is 2.19. The van der Waals surface area contributed by atoms with Gasteiger partial charge in [0, 0.05) is 44.8 Å². The van der Waals surface area contributed by atoms with Crippen molar-refractivity contribution < 1.29 is 0 Å². The van der Waals surface area contributed by atoms with Crippen LogP contribution in [0.3, 0.4) is 0 Å². The quantitative estimate of drug-likeness (QED) is 0.713. The molecule has 3 aromatic rings. The zero-order valence-electron chi connectivity index (χ0n) is 13.5. The topological polar surface area (TPSA) is 86.8 Å². The molecule has 0 unspecified atom stereocenters. The van der Waals surface area contributed by atoms with Gasteiger partial charge >= 0.3 is 0 Å². The molecule has 8 nitrogen and oxygen atoms in total. The van der Waals surface area contributed by atoms with Crippen LogP contribution in [-0.2, 0) is 0 Å². The van der Waals surface area contributed by atoms with Crippen molar-refractivity contribution in [3.8, 4) is 11.9 Å². The molecule has 0 radical (unpaired) electrons. The molecule has 0 bridgehead atoms. The highest BCUT2D eigenvalue weighted by Crippen LogP contribution is 2.18. The van der Waals surface area contributed by atoms with Crippen LogP contribution >= 0.6 is 0 Å². The van der Waals surface area contributed by atoms with E-state index in [9.17, 15) is 0 Å². The molecule has 0 amide bonds. The van der Waals surface area contributed by atoms with Gasteiger partial charge in [0.05, 0.1) is 5.56 Å². The van der Waals surface area contributed by atoms with Gasteiger partial charge in [-0.2, -0.15) is 10.4 Å². The van der Waals surface area contributed by atoms with E-state index < -0.39 is 0 Å².